The monoisotopic (exact) mass is 565 g/mol. The van der Waals surface area contributed by atoms with E-state index < -0.39 is 0 Å². The Hall–Kier alpha value is -0.0800. The van der Waals surface area contributed by atoms with Crippen LogP contribution in [-0.2, 0) is 0 Å². The van der Waals surface area contributed by atoms with Crippen LogP contribution in [0.2, 0.25) is 0 Å². The van der Waals surface area contributed by atoms with Crippen LogP contribution in [0.25, 0.3) is 0 Å². The molecule has 0 bridgehead atoms. The minimum atomic E-state index is 0.375. The lowest BCUT2D eigenvalue weighted by atomic mass is 9.74. The topological polar surface area (TPSA) is 6.48 Å². The van der Waals surface area contributed by atoms with Crippen molar-refractivity contribution in [3.8, 4) is 0 Å². The van der Waals surface area contributed by atoms with E-state index in [-0.39, 0.29) is 0 Å². The van der Waals surface area contributed by atoms with Crippen molar-refractivity contribution in [1.82, 2.24) is 9.80 Å². The molecule has 2 aliphatic heterocycles. The van der Waals surface area contributed by atoms with E-state index >= 15 is 0 Å². The Morgan fingerprint density at radius 3 is 1.07 bits per heavy atom. The Bertz CT molecular complexity index is 579. The lowest BCUT2D eigenvalue weighted by molar-refractivity contribution is -0.0484. The summed E-state index contributed by atoms with van der Waals surface area (Å²) >= 11 is 0. The molecule has 2 heteroatoms. The predicted octanol–water partition coefficient (Wildman–Crippen LogP) is 12.3. The molecule has 0 spiro atoms. The zero-order valence-electron chi connectivity index (χ0n) is 30.8. The molecule has 2 saturated heterocycles. The molecule has 0 amide bonds. The predicted molar refractivity (Wildman–Crippen MR) is 185 cm³/mol. The normalized spacial score (nSPS) is 22.6. The van der Waals surface area contributed by atoms with Gasteiger partial charge in [-0.05, 0) is 113 Å². The Balaban J connectivity index is 0.000000785. The van der Waals surface area contributed by atoms with Gasteiger partial charge in [0, 0.05) is 22.2 Å². The average Bonchev–Trinajstić information content (AvgIpc) is 2.81. The van der Waals surface area contributed by atoms with Gasteiger partial charge in [-0.25, -0.2) is 0 Å². The fourth-order valence-electron chi connectivity index (χ4n) is 8.23. The van der Waals surface area contributed by atoms with Gasteiger partial charge < -0.3 is 0 Å². The molecule has 0 N–H and O–H groups in total. The maximum Gasteiger partial charge on any atom is 0.0161 e. The van der Waals surface area contributed by atoms with Crippen LogP contribution < -0.4 is 0 Å². The van der Waals surface area contributed by atoms with E-state index in [1.165, 1.54) is 116 Å². The van der Waals surface area contributed by atoms with Crippen LogP contribution in [-0.4, -0.2) is 45.5 Å². The van der Waals surface area contributed by atoms with Crippen LogP contribution in [0.15, 0.2) is 0 Å². The molecule has 0 aromatic rings. The smallest absolute Gasteiger partial charge is 0.0161 e. The zero-order chi connectivity index (χ0) is 31.0. The van der Waals surface area contributed by atoms with E-state index in [0.29, 0.717) is 22.2 Å². The van der Waals surface area contributed by atoms with Gasteiger partial charge >= 0.3 is 0 Å². The molecule has 0 radical (unpaired) electrons. The van der Waals surface area contributed by atoms with Crippen molar-refractivity contribution in [3.63, 3.8) is 0 Å². The van der Waals surface area contributed by atoms with E-state index in [9.17, 15) is 0 Å². The summed E-state index contributed by atoms with van der Waals surface area (Å²) in [5.41, 5.74) is 1.50. The van der Waals surface area contributed by atoms with Gasteiger partial charge in [0.25, 0.3) is 0 Å². The number of nitrogens with zero attached hydrogens (tertiary/aromatic N) is 2. The number of hydrogen-bond acceptors (Lipinski definition) is 2. The summed E-state index contributed by atoms with van der Waals surface area (Å²) in [5.74, 6) is 1.73. The van der Waals surface area contributed by atoms with Gasteiger partial charge in [-0.2, -0.15) is 0 Å². The first kappa shape index (κ1) is 39.9. The van der Waals surface area contributed by atoms with E-state index in [0.717, 1.165) is 11.8 Å². The molecule has 242 valence electrons. The van der Waals surface area contributed by atoms with Crippen molar-refractivity contribution in [2.45, 2.75) is 221 Å². The fraction of sp³-hybridized carbons (Fsp3) is 1.00. The summed E-state index contributed by atoms with van der Waals surface area (Å²) in [6, 6.07) is 0. The highest BCUT2D eigenvalue weighted by Crippen LogP contribution is 2.41. The van der Waals surface area contributed by atoms with Crippen molar-refractivity contribution < 1.29 is 0 Å². The minimum Gasteiger partial charge on any atom is -0.296 e. The molecule has 2 aliphatic rings. The van der Waals surface area contributed by atoms with E-state index in [2.05, 4.69) is 107 Å². The molecule has 0 aliphatic carbocycles. The standard InChI is InChI=1S/C23H47N.C11H23N.C4H10/c1-7-8-9-10-11-12-13-14-15-16-17-18-24-22(3,4)19-21(2)20-23(24,5)6;1-9-7-10(2,3)12(6)11(4,5)8-9;1-3-4-2/h21H,7-20H2,1-6H3;9H,7-8H2,1-6H3;3-4H2,1-2H3. The number of rotatable bonds is 13. The van der Waals surface area contributed by atoms with E-state index in [1.807, 2.05) is 0 Å². The zero-order valence-corrected chi connectivity index (χ0v) is 30.8. The van der Waals surface area contributed by atoms with Crippen LogP contribution >= 0.6 is 0 Å². The van der Waals surface area contributed by atoms with Gasteiger partial charge in [0.2, 0.25) is 0 Å². The van der Waals surface area contributed by atoms with Gasteiger partial charge in [0.15, 0.2) is 0 Å². The van der Waals surface area contributed by atoms with Crippen molar-refractivity contribution in [3.05, 3.63) is 0 Å². The average molecular weight is 565 g/mol. The van der Waals surface area contributed by atoms with Crippen molar-refractivity contribution in [2.75, 3.05) is 13.6 Å². The number of piperidine rings is 2. The number of unbranched alkanes of at least 4 members (excludes halogenated alkanes) is 11. The maximum atomic E-state index is 2.81. The molecule has 0 aromatic heterocycles. The summed E-state index contributed by atoms with van der Waals surface area (Å²) in [5, 5.41) is 0. The van der Waals surface area contributed by atoms with Crippen LogP contribution in [0.5, 0.6) is 0 Å². The lowest BCUT2D eigenvalue weighted by Crippen LogP contribution is -2.60. The first-order valence-electron chi connectivity index (χ1n) is 18.0. The van der Waals surface area contributed by atoms with Crippen LogP contribution in [0.3, 0.4) is 0 Å². The Morgan fingerprint density at radius 2 is 0.750 bits per heavy atom. The van der Waals surface area contributed by atoms with Crippen molar-refractivity contribution in [1.29, 1.82) is 0 Å². The molecule has 0 aromatic carbocycles. The van der Waals surface area contributed by atoms with E-state index in [4.69, 9.17) is 0 Å². The molecule has 2 rings (SSSR count). The number of likely N-dealkylation sites (tertiary alicyclic amines) is 2. The largest absolute Gasteiger partial charge is 0.296 e. The second kappa shape index (κ2) is 19.2. The molecule has 2 nitrogen and oxygen atoms in total. The fourth-order valence-corrected chi connectivity index (χ4v) is 8.23. The quantitative estimate of drug-likeness (QED) is 0.205. The minimum absolute atomic E-state index is 0.375. The summed E-state index contributed by atoms with van der Waals surface area (Å²) < 4.78 is 0. The van der Waals surface area contributed by atoms with Gasteiger partial charge in [-0.1, -0.05) is 112 Å². The van der Waals surface area contributed by atoms with E-state index in [1.54, 1.807) is 0 Å². The molecular weight excluding hydrogens is 484 g/mol. The molecule has 40 heavy (non-hydrogen) atoms. The van der Waals surface area contributed by atoms with Crippen LogP contribution in [0, 0.1) is 11.8 Å². The highest BCUT2D eigenvalue weighted by atomic mass is 15.3. The second-order valence-corrected chi connectivity index (χ2v) is 16.5. The molecular formula is C38H80N2. The molecule has 2 heterocycles. The highest BCUT2D eigenvalue weighted by molar-refractivity contribution is 4.99. The van der Waals surface area contributed by atoms with Gasteiger partial charge in [-0.15, -0.1) is 0 Å². The molecule has 0 unspecified atom stereocenters. The third kappa shape index (κ3) is 15.4. The van der Waals surface area contributed by atoms with Crippen molar-refractivity contribution in [2.24, 2.45) is 11.8 Å². The summed E-state index contributed by atoms with van der Waals surface area (Å²) in [7, 11) is 2.26. The Kier molecular flexibility index (Phi) is 19.2. The van der Waals surface area contributed by atoms with Crippen LogP contribution in [0.1, 0.15) is 199 Å². The van der Waals surface area contributed by atoms with Gasteiger partial charge in [0.05, 0.1) is 0 Å². The third-order valence-electron chi connectivity index (χ3n) is 10.2. The molecule has 2 fully saturated rings. The third-order valence-corrected chi connectivity index (χ3v) is 10.2. The molecule has 0 atom stereocenters. The maximum absolute atomic E-state index is 2.81. The highest BCUT2D eigenvalue weighted by Gasteiger charge is 2.43. The number of hydrogen-bond donors (Lipinski definition) is 0. The molecule has 0 saturated carbocycles. The Morgan fingerprint density at radius 1 is 0.450 bits per heavy atom. The van der Waals surface area contributed by atoms with Crippen molar-refractivity contribution >= 4 is 0 Å². The van der Waals surface area contributed by atoms with Gasteiger partial charge in [0.1, 0.15) is 0 Å². The second-order valence-electron chi connectivity index (χ2n) is 16.5. The lowest BCUT2D eigenvalue weighted by Gasteiger charge is -2.55. The Labute approximate surface area is 256 Å². The first-order valence-corrected chi connectivity index (χ1v) is 18.0. The summed E-state index contributed by atoms with van der Waals surface area (Å²) in [6.45, 7) is 32.0. The first-order chi connectivity index (χ1) is 18.5. The SMILES string of the molecule is CC1CC(C)(C)N(C)C(C)(C)C1.CCCC.CCCCCCCCCCCCCN1C(C)(C)CC(C)CC1(C)C. The summed E-state index contributed by atoms with van der Waals surface area (Å²) in [6.07, 6.45) is 23.8. The van der Waals surface area contributed by atoms with Crippen LogP contribution in [0.4, 0.5) is 0 Å². The van der Waals surface area contributed by atoms with Gasteiger partial charge in [-0.3, -0.25) is 9.80 Å². The summed E-state index contributed by atoms with van der Waals surface area (Å²) in [4.78, 5) is 5.34.